The highest BCUT2D eigenvalue weighted by Crippen LogP contribution is 2.36. The summed E-state index contributed by atoms with van der Waals surface area (Å²) in [5.41, 5.74) is 2.23. The molecule has 0 aromatic heterocycles. The normalized spacial score (nSPS) is 16.8. The molecule has 0 aliphatic carbocycles. The maximum absolute atomic E-state index is 14.4. The molecule has 0 N–H and O–H groups in total. The van der Waals surface area contributed by atoms with E-state index in [0.717, 1.165) is 18.5 Å². The van der Waals surface area contributed by atoms with Crippen molar-refractivity contribution in [3.8, 4) is 0 Å². The van der Waals surface area contributed by atoms with Crippen LogP contribution in [0.1, 0.15) is 35.2 Å². The van der Waals surface area contributed by atoms with Crippen molar-refractivity contribution in [2.45, 2.75) is 25.7 Å². The number of rotatable bonds is 2. The maximum Gasteiger partial charge on any atom is 0.258 e. The summed E-state index contributed by atoms with van der Waals surface area (Å²) in [5, 5.41) is 0.488. The van der Waals surface area contributed by atoms with Gasteiger partial charge in [-0.15, -0.1) is 0 Å². The predicted octanol–water partition coefficient (Wildman–Crippen LogP) is 4.20. The van der Waals surface area contributed by atoms with Crippen LogP contribution in [0.3, 0.4) is 0 Å². The van der Waals surface area contributed by atoms with Crippen molar-refractivity contribution < 1.29 is 14.0 Å². The Morgan fingerprint density at radius 2 is 1.73 bits per heavy atom. The molecule has 2 aromatic carbocycles. The second-order valence-corrected chi connectivity index (χ2v) is 7.02. The third-order valence-corrected chi connectivity index (χ3v) is 5.35. The quantitative estimate of drug-likeness (QED) is 0.792. The van der Waals surface area contributed by atoms with Crippen molar-refractivity contribution in [3.63, 3.8) is 0 Å². The van der Waals surface area contributed by atoms with Crippen LogP contribution in [0.5, 0.6) is 0 Å². The third-order valence-electron chi connectivity index (χ3n) is 5.00. The molecule has 2 aliphatic rings. The highest BCUT2D eigenvalue weighted by atomic mass is 35.5. The van der Waals surface area contributed by atoms with E-state index in [9.17, 15) is 14.0 Å². The number of nitrogens with zero attached hydrogens (tertiary/aromatic N) is 2. The molecule has 0 saturated carbocycles. The number of hydrogen-bond donors (Lipinski definition) is 0. The minimum Gasteiger partial charge on any atom is -0.312 e. The second kappa shape index (κ2) is 6.72. The van der Waals surface area contributed by atoms with E-state index >= 15 is 0 Å². The Kier molecular flexibility index (Phi) is 4.41. The molecule has 0 bridgehead atoms. The van der Waals surface area contributed by atoms with Crippen LogP contribution >= 0.6 is 11.6 Å². The lowest BCUT2D eigenvalue weighted by molar-refractivity contribution is -0.117. The van der Waals surface area contributed by atoms with E-state index in [1.54, 1.807) is 29.2 Å². The van der Waals surface area contributed by atoms with E-state index in [1.807, 2.05) is 0 Å². The lowest BCUT2D eigenvalue weighted by Gasteiger charge is -2.30. The molecule has 26 heavy (non-hydrogen) atoms. The van der Waals surface area contributed by atoms with E-state index in [-0.39, 0.29) is 17.5 Å². The summed E-state index contributed by atoms with van der Waals surface area (Å²) >= 11 is 6.20. The van der Waals surface area contributed by atoms with Gasteiger partial charge in [-0.1, -0.05) is 11.6 Å². The fraction of sp³-hybridized carbons (Fsp3) is 0.300. The van der Waals surface area contributed by atoms with Crippen LogP contribution in [0.25, 0.3) is 0 Å². The van der Waals surface area contributed by atoms with Crippen LogP contribution in [0.15, 0.2) is 36.4 Å². The zero-order chi connectivity index (χ0) is 18.3. The number of fused-ring (bicyclic) bond motifs is 1. The SMILES string of the molecule is O=C1CCCN1c1ccc(C(=O)N2CCCc3c(Cl)ccc(F)c32)cc1. The molecule has 2 aromatic rings. The van der Waals surface area contributed by atoms with Crippen molar-refractivity contribution in [3.05, 3.63) is 58.4 Å². The fourth-order valence-electron chi connectivity index (χ4n) is 3.70. The van der Waals surface area contributed by atoms with Crippen LogP contribution < -0.4 is 9.80 Å². The standard InChI is InChI=1S/C20H18ClFN2O2/c21-16-9-10-17(22)19-15(16)3-1-12-24(19)20(26)13-5-7-14(8-6-13)23-11-2-4-18(23)25/h5-10H,1-4,11-12H2. The molecule has 2 aliphatic heterocycles. The van der Waals surface area contributed by atoms with Gasteiger partial charge in [-0.2, -0.15) is 0 Å². The molecule has 4 rings (SSSR count). The van der Waals surface area contributed by atoms with Crippen molar-refractivity contribution in [1.82, 2.24) is 0 Å². The Morgan fingerprint density at radius 3 is 2.42 bits per heavy atom. The van der Waals surface area contributed by atoms with Crippen LogP contribution in [-0.4, -0.2) is 24.9 Å². The smallest absolute Gasteiger partial charge is 0.258 e. The third kappa shape index (κ3) is 2.86. The lowest BCUT2D eigenvalue weighted by atomic mass is 10.00. The monoisotopic (exact) mass is 372 g/mol. The summed E-state index contributed by atoms with van der Waals surface area (Å²) in [4.78, 5) is 28.0. The average Bonchev–Trinajstić information content (AvgIpc) is 3.10. The predicted molar refractivity (Wildman–Crippen MR) is 99.4 cm³/mol. The largest absolute Gasteiger partial charge is 0.312 e. The second-order valence-electron chi connectivity index (χ2n) is 6.61. The minimum absolute atomic E-state index is 0.103. The molecule has 0 spiro atoms. The number of carbonyl (C=O) groups is 2. The van der Waals surface area contributed by atoms with Gasteiger partial charge in [-0.3, -0.25) is 9.59 Å². The molecular formula is C20H18ClFN2O2. The summed E-state index contributed by atoms with van der Waals surface area (Å²) in [6, 6.07) is 9.77. The molecule has 2 amide bonds. The summed E-state index contributed by atoms with van der Waals surface area (Å²) in [7, 11) is 0. The summed E-state index contributed by atoms with van der Waals surface area (Å²) in [6.45, 7) is 1.16. The van der Waals surface area contributed by atoms with Crippen molar-refractivity contribution in [1.29, 1.82) is 0 Å². The number of halogens is 2. The molecule has 0 radical (unpaired) electrons. The molecule has 0 atom stereocenters. The highest BCUT2D eigenvalue weighted by Gasteiger charge is 2.28. The van der Waals surface area contributed by atoms with E-state index in [2.05, 4.69) is 0 Å². The number of hydrogen-bond acceptors (Lipinski definition) is 2. The van der Waals surface area contributed by atoms with Gasteiger partial charge in [0.25, 0.3) is 5.91 Å². The average molecular weight is 373 g/mol. The molecule has 2 heterocycles. The van der Waals surface area contributed by atoms with Gasteiger partial charge in [-0.05, 0) is 61.2 Å². The zero-order valence-corrected chi connectivity index (χ0v) is 14.9. The fourth-order valence-corrected chi connectivity index (χ4v) is 3.95. The lowest BCUT2D eigenvalue weighted by Crippen LogP contribution is -2.36. The summed E-state index contributed by atoms with van der Waals surface area (Å²) in [5.74, 6) is -0.589. The molecule has 1 saturated heterocycles. The van der Waals surface area contributed by atoms with Crippen LogP contribution in [0.2, 0.25) is 5.02 Å². The Hall–Kier alpha value is -2.40. The number of benzene rings is 2. The van der Waals surface area contributed by atoms with Gasteiger partial charge in [0.05, 0.1) is 5.69 Å². The first-order valence-corrected chi connectivity index (χ1v) is 9.13. The number of anilines is 2. The molecule has 1 fully saturated rings. The van der Waals surface area contributed by atoms with Gasteiger partial charge < -0.3 is 9.80 Å². The molecular weight excluding hydrogens is 355 g/mol. The van der Waals surface area contributed by atoms with E-state index in [4.69, 9.17) is 11.6 Å². The first-order chi connectivity index (χ1) is 12.6. The van der Waals surface area contributed by atoms with Gasteiger partial charge in [0.1, 0.15) is 5.82 Å². The molecule has 4 nitrogen and oxygen atoms in total. The molecule has 0 unspecified atom stereocenters. The van der Waals surface area contributed by atoms with Crippen LogP contribution in [0, 0.1) is 5.82 Å². The van der Waals surface area contributed by atoms with Gasteiger partial charge >= 0.3 is 0 Å². The van der Waals surface area contributed by atoms with Crippen LogP contribution in [0.4, 0.5) is 15.8 Å². The Bertz CT molecular complexity index is 882. The number of amides is 2. The maximum atomic E-state index is 14.4. The summed E-state index contributed by atoms with van der Waals surface area (Å²) < 4.78 is 14.4. The number of carbonyl (C=O) groups excluding carboxylic acids is 2. The topological polar surface area (TPSA) is 40.6 Å². The first-order valence-electron chi connectivity index (χ1n) is 8.75. The van der Waals surface area contributed by atoms with Gasteiger partial charge in [0, 0.05) is 35.8 Å². The highest BCUT2D eigenvalue weighted by molar-refractivity contribution is 6.32. The Labute approximate surface area is 156 Å². The first kappa shape index (κ1) is 17.0. The van der Waals surface area contributed by atoms with Crippen molar-refractivity contribution in [2.75, 3.05) is 22.9 Å². The summed E-state index contributed by atoms with van der Waals surface area (Å²) in [6.07, 6.45) is 2.81. The van der Waals surface area contributed by atoms with Crippen LogP contribution in [-0.2, 0) is 11.2 Å². The van der Waals surface area contributed by atoms with E-state index in [0.29, 0.717) is 42.1 Å². The Balaban J connectivity index is 1.63. The van der Waals surface area contributed by atoms with Crippen molar-refractivity contribution in [2.24, 2.45) is 0 Å². The van der Waals surface area contributed by atoms with E-state index < -0.39 is 5.82 Å². The van der Waals surface area contributed by atoms with Gasteiger partial charge in [0.15, 0.2) is 0 Å². The molecule has 6 heteroatoms. The van der Waals surface area contributed by atoms with Crippen molar-refractivity contribution >= 4 is 34.8 Å². The zero-order valence-electron chi connectivity index (χ0n) is 14.2. The molecule has 134 valence electrons. The van der Waals surface area contributed by atoms with Gasteiger partial charge in [-0.25, -0.2) is 4.39 Å². The minimum atomic E-state index is -0.434. The Morgan fingerprint density at radius 1 is 1.00 bits per heavy atom. The van der Waals surface area contributed by atoms with Gasteiger partial charge in [0.2, 0.25) is 5.91 Å². The van der Waals surface area contributed by atoms with E-state index in [1.165, 1.54) is 17.0 Å².